The number of carbonyl (C=O) groups is 1. The molecule has 1 aliphatic rings. The molecule has 0 radical (unpaired) electrons. The summed E-state index contributed by atoms with van der Waals surface area (Å²) in [5.41, 5.74) is 6.92. The third-order valence-corrected chi connectivity index (χ3v) is 4.25. The number of carbonyl (C=O) groups excluding carboxylic acids is 1. The van der Waals surface area contributed by atoms with Crippen LogP contribution in [0, 0.1) is 5.92 Å². The van der Waals surface area contributed by atoms with E-state index in [9.17, 15) is 4.79 Å². The van der Waals surface area contributed by atoms with Gasteiger partial charge in [0.15, 0.2) is 0 Å². The van der Waals surface area contributed by atoms with Crippen LogP contribution in [-0.4, -0.2) is 18.5 Å². The molecule has 0 aliphatic heterocycles. The molecular formula is C18H22N2O. The van der Waals surface area contributed by atoms with Crippen LogP contribution in [-0.2, 0) is 11.2 Å². The first-order valence-corrected chi connectivity index (χ1v) is 7.73. The molecule has 1 atom stereocenters. The lowest BCUT2D eigenvalue weighted by molar-refractivity contribution is -0.121. The zero-order chi connectivity index (χ0) is 14.7. The van der Waals surface area contributed by atoms with Crippen LogP contribution >= 0.6 is 0 Å². The molecule has 0 spiro atoms. The Bertz CT molecular complexity index is 634. The fourth-order valence-electron chi connectivity index (χ4n) is 2.80. The normalized spacial score (nSPS) is 15.9. The molecule has 2 aromatic rings. The second kappa shape index (κ2) is 6.27. The van der Waals surface area contributed by atoms with Crippen LogP contribution in [0.15, 0.2) is 42.5 Å². The Hall–Kier alpha value is -1.87. The Morgan fingerprint density at radius 3 is 2.67 bits per heavy atom. The van der Waals surface area contributed by atoms with Gasteiger partial charge in [-0.3, -0.25) is 4.79 Å². The lowest BCUT2D eigenvalue weighted by Crippen LogP contribution is -2.41. The van der Waals surface area contributed by atoms with Crippen molar-refractivity contribution in [1.29, 1.82) is 0 Å². The molecule has 3 N–H and O–H groups in total. The van der Waals surface area contributed by atoms with Crippen LogP contribution in [0.4, 0.5) is 0 Å². The number of aryl methyl sites for hydroxylation is 1. The van der Waals surface area contributed by atoms with Gasteiger partial charge in [-0.2, -0.15) is 0 Å². The molecule has 1 fully saturated rings. The van der Waals surface area contributed by atoms with E-state index < -0.39 is 0 Å². The highest BCUT2D eigenvalue weighted by Crippen LogP contribution is 2.32. The Morgan fingerprint density at radius 2 is 1.95 bits per heavy atom. The molecule has 0 heterocycles. The van der Waals surface area contributed by atoms with E-state index in [0.717, 1.165) is 6.42 Å². The minimum Gasteiger partial charge on any atom is -0.352 e. The van der Waals surface area contributed by atoms with Gasteiger partial charge in [-0.1, -0.05) is 42.5 Å². The number of benzene rings is 2. The quantitative estimate of drug-likeness (QED) is 0.855. The van der Waals surface area contributed by atoms with E-state index in [0.29, 0.717) is 18.9 Å². The van der Waals surface area contributed by atoms with E-state index in [1.807, 2.05) is 12.1 Å². The highest BCUT2D eigenvalue weighted by atomic mass is 16.1. The van der Waals surface area contributed by atoms with Crippen LogP contribution in [0.5, 0.6) is 0 Å². The van der Waals surface area contributed by atoms with E-state index >= 15 is 0 Å². The first-order valence-electron chi connectivity index (χ1n) is 7.73. The van der Waals surface area contributed by atoms with E-state index in [2.05, 4.69) is 35.6 Å². The zero-order valence-electron chi connectivity index (χ0n) is 12.2. The molecule has 1 saturated carbocycles. The molecule has 0 aromatic heterocycles. The molecule has 3 nitrogen and oxygen atoms in total. The Labute approximate surface area is 125 Å². The number of amides is 1. The smallest absolute Gasteiger partial charge is 0.220 e. The van der Waals surface area contributed by atoms with Crippen molar-refractivity contribution < 1.29 is 4.79 Å². The summed E-state index contributed by atoms with van der Waals surface area (Å²) in [5, 5.41) is 5.54. The predicted octanol–water partition coefficient (Wildman–Crippen LogP) is 2.63. The van der Waals surface area contributed by atoms with Crippen LogP contribution in [0.3, 0.4) is 0 Å². The molecule has 2 aromatic carbocycles. The Morgan fingerprint density at radius 1 is 1.19 bits per heavy atom. The molecule has 21 heavy (non-hydrogen) atoms. The maximum absolute atomic E-state index is 12.0. The molecule has 0 saturated heterocycles. The second-order valence-electron chi connectivity index (χ2n) is 5.93. The molecule has 1 unspecified atom stereocenters. The van der Waals surface area contributed by atoms with Crippen LogP contribution < -0.4 is 11.1 Å². The third kappa shape index (κ3) is 3.61. The largest absolute Gasteiger partial charge is 0.352 e. The molecule has 0 bridgehead atoms. The number of fused-ring (bicyclic) bond motifs is 1. The minimum absolute atomic E-state index is 0.116. The average Bonchev–Trinajstić information content (AvgIpc) is 3.35. The van der Waals surface area contributed by atoms with Crippen LogP contribution in [0.25, 0.3) is 10.8 Å². The van der Waals surface area contributed by atoms with E-state index in [1.165, 1.54) is 29.2 Å². The highest BCUT2D eigenvalue weighted by Gasteiger charge is 2.30. The molecule has 1 aliphatic carbocycles. The van der Waals surface area contributed by atoms with Gasteiger partial charge in [-0.05, 0) is 41.5 Å². The van der Waals surface area contributed by atoms with Crippen molar-refractivity contribution in [1.82, 2.24) is 5.32 Å². The fourth-order valence-corrected chi connectivity index (χ4v) is 2.80. The van der Waals surface area contributed by atoms with Crippen LogP contribution in [0.1, 0.15) is 24.8 Å². The lowest BCUT2D eigenvalue weighted by atomic mass is 10.0. The summed E-state index contributed by atoms with van der Waals surface area (Å²) in [6.07, 6.45) is 3.71. The van der Waals surface area contributed by atoms with Gasteiger partial charge in [0.1, 0.15) is 0 Å². The molecular weight excluding hydrogens is 260 g/mol. The number of nitrogens with two attached hydrogens (primary N) is 1. The van der Waals surface area contributed by atoms with Gasteiger partial charge in [-0.15, -0.1) is 0 Å². The monoisotopic (exact) mass is 282 g/mol. The number of hydrogen-bond donors (Lipinski definition) is 2. The van der Waals surface area contributed by atoms with Crippen molar-refractivity contribution in [3.05, 3.63) is 48.0 Å². The van der Waals surface area contributed by atoms with Crippen molar-refractivity contribution in [2.24, 2.45) is 11.7 Å². The maximum Gasteiger partial charge on any atom is 0.220 e. The summed E-state index contributed by atoms with van der Waals surface area (Å²) < 4.78 is 0. The highest BCUT2D eigenvalue weighted by molar-refractivity contribution is 5.83. The Balaban J connectivity index is 1.56. The van der Waals surface area contributed by atoms with Crippen molar-refractivity contribution in [2.75, 3.05) is 6.54 Å². The summed E-state index contributed by atoms with van der Waals surface area (Å²) in [4.78, 5) is 12.0. The number of nitrogens with one attached hydrogen (secondary N) is 1. The summed E-state index contributed by atoms with van der Waals surface area (Å²) in [7, 11) is 0. The van der Waals surface area contributed by atoms with Gasteiger partial charge < -0.3 is 11.1 Å². The zero-order valence-corrected chi connectivity index (χ0v) is 12.2. The predicted molar refractivity (Wildman–Crippen MR) is 86.0 cm³/mol. The number of rotatable bonds is 6. The van der Waals surface area contributed by atoms with Crippen molar-refractivity contribution in [3.8, 4) is 0 Å². The van der Waals surface area contributed by atoms with Crippen molar-refractivity contribution in [3.63, 3.8) is 0 Å². The van der Waals surface area contributed by atoms with Gasteiger partial charge in [0.25, 0.3) is 0 Å². The summed E-state index contributed by atoms with van der Waals surface area (Å²) in [6, 6.07) is 14.9. The van der Waals surface area contributed by atoms with Gasteiger partial charge >= 0.3 is 0 Å². The first kappa shape index (κ1) is 14.1. The van der Waals surface area contributed by atoms with E-state index in [-0.39, 0.29) is 11.9 Å². The van der Waals surface area contributed by atoms with Crippen LogP contribution in [0.2, 0.25) is 0 Å². The first-order chi connectivity index (χ1) is 10.3. The molecule has 1 amide bonds. The van der Waals surface area contributed by atoms with Gasteiger partial charge in [0.05, 0.1) is 0 Å². The van der Waals surface area contributed by atoms with E-state index in [4.69, 9.17) is 5.73 Å². The van der Waals surface area contributed by atoms with Crippen molar-refractivity contribution in [2.45, 2.75) is 31.7 Å². The third-order valence-electron chi connectivity index (χ3n) is 4.25. The summed E-state index contributed by atoms with van der Waals surface area (Å²) in [5.74, 6) is 0.727. The Kier molecular flexibility index (Phi) is 4.20. The van der Waals surface area contributed by atoms with Crippen molar-refractivity contribution >= 4 is 16.7 Å². The van der Waals surface area contributed by atoms with Gasteiger partial charge in [0.2, 0.25) is 5.91 Å². The fraction of sp³-hybridized carbons (Fsp3) is 0.389. The average molecular weight is 282 g/mol. The van der Waals surface area contributed by atoms with Gasteiger partial charge in [-0.25, -0.2) is 0 Å². The topological polar surface area (TPSA) is 55.1 Å². The summed E-state index contributed by atoms with van der Waals surface area (Å²) >= 11 is 0. The molecule has 110 valence electrons. The SMILES string of the molecule is NCC(NC(=O)CCc1ccc2ccccc2c1)C1CC1. The minimum atomic E-state index is 0.116. The summed E-state index contributed by atoms with van der Waals surface area (Å²) in [6.45, 7) is 0.548. The number of hydrogen-bond acceptors (Lipinski definition) is 2. The standard InChI is InChI=1S/C18H22N2O/c19-12-17(15-8-9-15)20-18(21)10-6-13-5-7-14-3-1-2-4-16(14)11-13/h1-5,7,11,15,17H,6,8-10,12,19H2,(H,20,21). The second-order valence-corrected chi connectivity index (χ2v) is 5.93. The maximum atomic E-state index is 12.0. The molecule has 3 rings (SSSR count). The molecule has 3 heteroatoms. The van der Waals surface area contributed by atoms with Gasteiger partial charge in [0, 0.05) is 19.0 Å². The lowest BCUT2D eigenvalue weighted by Gasteiger charge is -2.15. The van der Waals surface area contributed by atoms with E-state index in [1.54, 1.807) is 0 Å².